The zero-order chi connectivity index (χ0) is 69.0. The molecule has 532 valence electrons. The molecule has 0 N–H and O–H groups in total. The maximum atomic E-state index is 12.9. The van der Waals surface area contributed by atoms with Crippen LogP contribution in [0.1, 0.15) is 258 Å². The molecular weight excluding hydrogens is 1170 g/mol. The van der Waals surface area contributed by atoms with Crippen LogP contribution in [0.15, 0.2) is 207 Å². The molecule has 0 saturated heterocycles. The average molecular weight is 1310 g/mol. The summed E-state index contributed by atoms with van der Waals surface area (Å²) >= 11 is 0. The predicted octanol–water partition coefficient (Wildman–Crippen LogP) is 22.6. The van der Waals surface area contributed by atoms with Gasteiger partial charge in [-0.25, -0.2) is 0 Å². The van der Waals surface area contributed by atoms with Crippen molar-refractivity contribution in [2.45, 2.75) is 270 Å². The van der Waals surface area contributed by atoms with Crippen LogP contribution >= 0.6 is 0 Å². The molecule has 0 aromatic rings. The van der Waals surface area contributed by atoms with Crippen molar-refractivity contribution in [3.8, 4) is 0 Å². The van der Waals surface area contributed by atoms with E-state index < -0.39 is 24.3 Å². The first-order valence-corrected chi connectivity index (χ1v) is 37.2. The van der Waals surface area contributed by atoms with Crippen LogP contribution in [-0.2, 0) is 33.3 Å². The average Bonchev–Trinajstić information content (AvgIpc) is 3.75. The fraction of sp³-hybridized carbons (Fsp3) is 0.570. The summed E-state index contributed by atoms with van der Waals surface area (Å²) in [5, 5.41) is 11.8. The lowest BCUT2D eigenvalue weighted by Gasteiger charge is -2.26. The quantitative estimate of drug-likeness (QED) is 0.0195. The molecule has 95 heavy (non-hydrogen) atoms. The SMILES string of the molecule is CC/C=C\C/C=C\C/C=C\C/C=C\C/C=C\C/C=C\C/C=C\C/C=C\C/C=C\C/C=C\C/C=C\CCCCCC(=O)OC(COC(=O)CCCCCCCCCCCCCCCC/C=C\C/C=C\C/C=C\C/C=C\C/C=C\C/C=C\CC)COC(OCC[N+](C)(C)C)C(=O)[O-]. The highest BCUT2D eigenvalue weighted by atomic mass is 16.7. The highest BCUT2D eigenvalue weighted by molar-refractivity contribution is 5.70. The Morgan fingerprint density at radius 2 is 0.568 bits per heavy atom. The van der Waals surface area contributed by atoms with E-state index in [1.807, 2.05) is 21.1 Å². The second-order valence-electron chi connectivity index (χ2n) is 25.1. The molecule has 0 aliphatic carbocycles. The molecular formula is C86H135NO8. The Bertz CT molecular complexity index is 2320. The molecule has 0 aliphatic heterocycles. The van der Waals surface area contributed by atoms with E-state index in [0.29, 0.717) is 17.4 Å². The summed E-state index contributed by atoms with van der Waals surface area (Å²) in [6.07, 6.45) is 112. The van der Waals surface area contributed by atoms with Gasteiger partial charge in [0.25, 0.3) is 0 Å². The Kier molecular flexibility index (Phi) is 68.9. The van der Waals surface area contributed by atoms with Crippen molar-refractivity contribution >= 4 is 17.9 Å². The third-order valence-corrected chi connectivity index (χ3v) is 15.0. The molecule has 0 spiro atoms. The summed E-state index contributed by atoms with van der Waals surface area (Å²) in [6.45, 7) is 4.46. The third-order valence-electron chi connectivity index (χ3n) is 15.0. The van der Waals surface area contributed by atoms with Crippen molar-refractivity contribution in [3.63, 3.8) is 0 Å². The summed E-state index contributed by atoms with van der Waals surface area (Å²) in [5.74, 6) is -2.35. The molecule has 0 aliphatic rings. The molecule has 9 heteroatoms. The van der Waals surface area contributed by atoms with E-state index in [4.69, 9.17) is 18.9 Å². The highest BCUT2D eigenvalue weighted by Crippen LogP contribution is 2.16. The molecule has 0 radical (unpaired) electrons. The van der Waals surface area contributed by atoms with Crippen LogP contribution in [0.3, 0.4) is 0 Å². The molecule has 0 fully saturated rings. The van der Waals surface area contributed by atoms with Crippen LogP contribution in [0.4, 0.5) is 0 Å². The van der Waals surface area contributed by atoms with Gasteiger partial charge in [-0.15, -0.1) is 0 Å². The van der Waals surface area contributed by atoms with Gasteiger partial charge < -0.3 is 33.3 Å². The first kappa shape index (κ1) is 88.9. The lowest BCUT2D eigenvalue weighted by Crippen LogP contribution is -2.44. The summed E-state index contributed by atoms with van der Waals surface area (Å²) in [6, 6.07) is 0. The maximum Gasteiger partial charge on any atom is 0.306 e. The van der Waals surface area contributed by atoms with Crippen molar-refractivity contribution in [2.24, 2.45) is 0 Å². The molecule has 0 aromatic heterocycles. The summed E-state index contributed by atoms with van der Waals surface area (Å²) in [5.41, 5.74) is 0. The predicted molar refractivity (Wildman–Crippen MR) is 407 cm³/mol. The standard InChI is InChI=1S/C86H135NO8/c1-6-8-10-12-14-16-18-20-22-24-26-28-30-32-34-36-38-40-41-42-43-45-47-49-51-53-55-57-59-61-63-65-67-69-71-73-75-77-84(89)95-82(81-94-86(85(90)91)92-79-78-87(3,4)5)80-93-83(88)76-74-72-70-68-66-64-62-60-58-56-54-52-50-48-46-44-39-37-35-33-31-29-27-25-23-21-19-17-15-13-11-9-7-2/h8-11,14-17,20-23,26-29,32-35,38-40,42-44,47,49,53,55,59,61,65,67,82,86H,6-7,12-13,18-19,24-25,30-31,36-37,41,45-46,48,50-52,54,56-58,60,62-64,66,68-81H2,1-5H3/b10-8-,11-9-,16-14-,17-15-,22-20-,23-21-,28-26-,29-27-,34-32-,35-33-,40-38-,43-42-,44-39-,49-47-,55-53-,61-59-,67-65-. The Balaban J connectivity index is 4.23. The van der Waals surface area contributed by atoms with E-state index in [0.717, 1.165) is 154 Å². The van der Waals surface area contributed by atoms with Gasteiger partial charge in [0.15, 0.2) is 12.4 Å². The lowest BCUT2D eigenvalue weighted by atomic mass is 10.0. The molecule has 0 saturated carbocycles. The van der Waals surface area contributed by atoms with Gasteiger partial charge in [-0.05, 0) is 148 Å². The lowest BCUT2D eigenvalue weighted by molar-refractivity contribution is -0.870. The fourth-order valence-corrected chi connectivity index (χ4v) is 9.43. The first-order valence-electron chi connectivity index (χ1n) is 37.2. The van der Waals surface area contributed by atoms with Crippen LogP contribution in [0, 0.1) is 0 Å². The zero-order valence-electron chi connectivity index (χ0n) is 60.7. The van der Waals surface area contributed by atoms with E-state index in [-0.39, 0.29) is 38.6 Å². The third kappa shape index (κ3) is 75.1. The number of unbranched alkanes of at least 4 members (excludes halogenated alkanes) is 17. The second-order valence-corrected chi connectivity index (χ2v) is 25.1. The van der Waals surface area contributed by atoms with E-state index in [1.165, 1.54) is 70.6 Å². The molecule has 0 heterocycles. The van der Waals surface area contributed by atoms with Crippen molar-refractivity contribution in [3.05, 3.63) is 207 Å². The Morgan fingerprint density at radius 3 is 0.853 bits per heavy atom. The van der Waals surface area contributed by atoms with Crippen LogP contribution in [0.5, 0.6) is 0 Å². The number of carboxylic acids is 1. The molecule has 2 atom stereocenters. The first-order chi connectivity index (χ1) is 46.6. The van der Waals surface area contributed by atoms with Gasteiger partial charge in [0.1, 0.15) is 13.2 Å². The van der Waals surface area contributed by atoms with Gasteiger partial charge in [-0.1, -0.05) is 304 Å². The van der Waals surface area contributed by atoms with Gasteiger partial charge in [-0.2, -0.15) is 0 Å². The monoisotopic (exact) mass is 1310 g/mol. The van der Waals surface area contributed by atoms with Gasteiger partial charge in [-0.3, -0.25) is 9.59 Å². The molecule has 0 amide bonds. The summed E-state index contributed by atoms with van der Waals surface area (Å²) in [7, 11) is 5.91. The number of allylic oxidation sites excluding steroid dienone is 34. The maximum absolute atomic E-state index is 12.9. The van der Waals surface area contributed by atoms with Crippen LogP contribution < -0.4 is 5.11 Å². The Labute approximate surface area is 582 Å². The van der Waals surface area contributed by atoms with Crippen molar-refractivity contribution < 1.29 is 42.9 Å². The zero-order valence-corrected chi connectivity index (χ0v) is 60.7. The van der Waals surface area contributed by atoms with E-state index in [9.17, 15) is 19.5 Å². The molecule has 9 nitrogen and oxygen atoms in total. The second kappa shape index (κ2) is 73.7. The number of carboxylic acid groups (broad SMARTS) is 1. The molecule has 0 aromatic carbocycles. The topological polar surface area (TPSA) is 111 Å². The van der Waals surface area contributed by atoms with E-state index in [1.54, 1.807) is 0 Å². The number of hydrogen-bond acceptors (Lipinski definition) is 8. The molecule has 2 unspecified atom stereocenters. The fourth-order valence-electron chi connectivity index (χ4n) is 9.43. The summed E-state index contributed by atoms with van der Waals surface area (Å²) in [4.78, 5) is 37.5. The number of rotatable bonds is 66. The number of carbonyl (C=O) groups excluding carboxylic acids is 3. The number of carbonyl (C=O) groups is 3. The number of aliphatic carboxylic acids is 1. The minimum absolute atomic E-state index is 0.130. The summed E-state index contributed by atoms with van der Waals surface area (Å²) < 4.78 is 22.8. The smallest absolute Gasteiger partial charge is 0.306 e. The highest BCUT2D eigenvalue weighted by Gasteiger charge is 2.22. The van der Waals surface area contributed by atoms with Gasteiger partial charge >= 0.3 is 11.9 Å². The number of ether oxygens (including phenoxy) is 4. The minimum Gasteiger partial charge on any atom is -0.545 e. The van der Waals surface area contributed by atoms with Gasteiger partial charge in [0.05, 0.1) is 40.3 Å². The van der Waals surface area contributed by atoms with E-state index >= 15 is 0 Å². The number of hydrogen-bond donors (Lipinski definition) is 0. The van der Waals surface area contributed by atoms with Crippen molar-refractivity contribution in [2.75, 3.05) is 47.5 Å². The number of nitrogens with zero attached hydrogens (tertiary/aromatic N) is 1. The molecule has 0 rings (SSSR count). The van der Waals surface area contributed by atoms with Gasteiger partial charge in [0.2, 0.25) is 0 Å². The van der Waals surface area contributed by atoms with Crippen molar-refractivity contribution in [1.29, 1.82) is 0 Å². The molecule has 0 bridgehead atoms. The van der Waals surface area contributed by atoms with Crippen molar-refractivity contribution in [1.82, 2.24) is 0 Å². The van der Waals surface area contributed by atoms with Crippen LogP contribution in [0.2, 0.25) is 0 Å². The number of esters is 2. The van der Waals surface area contributed by atoms with E-state index in [2.05, 4.69) is 220 Å². The van der Waals surface area contributed by atoms with Crippen LogP contribution in [-0.4, -0.2) is 82.3 Å². The normalized spacial score (nSPS) is 13.9. The number of quaternary nitrogens is 1. The Hall–Kier alpha value is -6.13. The number of likely N-dealkylation sites (N-methyl/N-ethyl adjacent to an activating group) is 1. The largest absolute Gasteiger partial charge is 0.545 e. The van der Waals surface area contributed by atoms with Crippen LogP contribution in [0.25, 0.3) is 0 Å². The Morgan fingerprint density at radius 1 is 0.316 bits per heavy atom. The minimum atomic E-state index is -1.65. The van der Waals surface area contributed by atoms with Gasteiger partial charge in [0, 0.05) is 12.8 Å².